The largest absolute Gasteiger partial charge is 0.456 e. The maximum atomic E-state index is 12.2. The van der Waals surface area contributed by atoms with E-state index in [9.17, 15) is 4.79 Å². The summed E-state index contributed by atoms with van der Waals surface area (Å²) in [6, 6.07) is 14.3. The first-order valence-electron chi connectivity index (χ1n) is 7.15. The minimum atomic E-state index is -0.548. The molecule has 1 heterocycles. The van der Waals surface area contributed by atoms with Gasteiger partial charge < -0.3 is 4.74 Å². The van der Waals surface area contributed by atoms with E-state index in [1.54, 1.807) is 48.0 Å². The number of aromatic nitrogens is 3. The average Bonchev–Trinajstić information content (AvgIpc) is 2.96. The Morgan fingerprint density at radius 2 is 1.83 bits per heavy atom. The maximum absolute atomic E-state index is 12.2. The number of hydrogen-bond acceptors (Lipinski definition) is 4. The lowest BCUT2D eigenvalue weighted by Gasteiger charge is -2.06. The molecule has 0 aliphatic heterocycles. The van der Waals surface area contributed by atoms with Gasteiger partial charge in [0.2, 0.25) is 0 Å². The van der Waals surface area contributed by atoms with Crippen LogP contribution in [0.4, 0.5) is 0 Å². The van der Waals surface area contributed by atoms with E-state index >= 15 is 0 Å². The van der Waals surface area contributed by atoms with Crippen molar-refractivity contribution in [2.45, 2.75) is 13.5 Å². The van der Waals surface area contributed by atoms with Gasteiger partial charge in [-0.3, -0.25) is 0 Å². The second-order valence-corrected chi connectivity index (χ2v) is 5.92. The van der Waals surface area contributed by atoms with Crippen LogP contribution in [0.15, 0.2) is 48.5 Å². The molecule has 0 atom stereocenters. The van der Waals surface area contributed by atoms with Crippen molar-refractivity contribution < 1.29 is 9.53 Å². The third kappa shape index (κ3) is 3.42. The number of carbonyl (C=O) groups is 1. The molecule has 5 nitrogen and oxygen atoms in total. The summed E-state index contributed by atoms with van der Waals surface area (Å²) in [5, 5.41) is 9.10. The van der Waals surface area contributed by atoms with Gasteiger partial charge in [-0.05, 0) is 37.3 Å². The van der Waals surface area contributed by atoms with Crippen molar-refractivity contribution in [3.05, 3.63) is 75.5 Å². The van der Waals surface area contributed by atoms with Crippen LogP contribution in [0.1, 0.15) is 21.7 Å². The Morgan fingerprint density at radius 1 is 1.12 bits per heavy atom. The molecule has 0 bridgehead atoms. The number of esters is 1. The summed E-state index contributed by atoms with van der Waals surface area (Å²) in [7, 11) is 0. The molecular weight excluding hydrogens is 349 g/mol. The molecule has 24 heavy (non-hydrogen) atoms. The molecule has 3 rings (SSSR count). The van der Waals surface area contributed by atoms with Gasteiger partial charge in [0, 0.05) is 15.6 Å². The Labute approximate surface area is 148 Å². The van der Waals surface area contributed by atoms with E-state index in [0.29, 0.717) is 15.7 Å². The van der Waals surface area contributed by atoms with E-state index in [-0.39, 0.29) is 12.3 Å². The average molecular weight is 362 g/mol. The smallest absolute Gasteiger partial charge is 0.361 e. The highest BCUT2D eigenvalue weighted by Crippen LogP contribution is 2.18. The van der Waals surface area contributed by atoms with Crippen molar-refractivity contribution in [1.82, 2.24) is 15.0 Å². The van der Waals surface area contributed by atoms with E-state index in [0.717, 1.165) is 11.3 Å². The Morgan fingerprint density at radius 3 is 2.54 bits per heavy atom. The molecule has 7 heteroatoms. The highest BCUT2D eigenvalue weighted by Gasteiger charge is 2.19. The van der Waals surface area contributed by atoms with Gasteiger partial charge in [0.25, 0.3) is 0 Å². The second kappa shape index (κ2) is 7.03. The van der Waals surface area contributed by atoms with E-state index in [4.69, 9.17) is 27.9 Å². The molecule has 0 unspecified atom stereocenters. The summed E-state index contributed by atoms with van der Waals surface area (Å²) in [5.74, 6) is -0.548. The number of benzene rings is 2. The first-order valence-corrected chi connectivity index (χ1v) is 7.90. The molecule has 0 fully saturated rings. The van der Waals surface area contributed by atoms with Crippen LogP contribution >= 0.6 is 23.2 Å². The molecule has 0 aliphatic rings. The SMILES string of the molecule is Cc1c(C(=O)OCc2ccccc2Cl)nnn1-c1ccc(Cl)cc1. The topological polar surface area (TPSA) is 57.0 Å². The predicted molar refractivity (Wildman–Crippen MR) is 91.7 cm³/mol. The Bertz CT molecular complexity index is 876. The van der Waals surface area contributed by atoms with Crippen molar-refractivity contribution in [2.75, 3.05) is 0 Å². The van der Waals surface area contributed by atoms with Crippen LogP contribution in [0.3, 0.4) is 0 Å². The summed E-state index contributed by atoms with van der Waals surface area (Å²) in [5.41, 5.74) is 2.24. The van der Waals surface area contributed by atoms with Crippen LogP contribution in [0.25, 0.3) is 5.69 Å². The fraction of sp³-hybridized carbons (Fsp3) is 0.118. The molecule has 0 N–H and O–H groups in total. The fourth-order valence-electron chi connectivity index (χ4n) is 2.17. The van der Waals surface area contributed by atoms with Gasteiger partial charge in [0.15, 0.2) is 5.69 Å². The van der Waals surface area contributed by atoms with E-state index < -0.39 is 5.97 Å². The lowest BCUT2D eigenvalue weighted by atomic mass is 10.2. The monoisotopic (exact) mass is 361 g/mol. The molecular formula is C17H13Cl2N3O2. The Kier molecular flexibility index (Phi) is 4.83. The Hall–Kier alpha value is -2.37. The van der Waals surface area contributed by atoms with Crippen LogP contribution in [0.5, 0.6) is 0 Å². The van der Waals surface area contributed by atoms with Gasteiger partial charge in [0.05, 0.1) is 11.4 Å². The summed E-state index contributed by atoms with van der Waals surface area (Å²) >= 11 is 11.9. The fourth-order valence-corrected chi connectivity index (χ4v) is 2.49. The number of nitrogens with zero attached hydrogens (tertiary/aromatic N) is 3. The molecule has 0 saturated carbocycles. The lowest BCUT2D eigenvalue weighted by Crippen LogP contribution is -2.08. The normalized spacial score (nSPS) is 10.6. The number of carbonyl (C=O) groups excluding carboxylic acids is 1. The van der Waals surface area contributed by atoms with E-state index in [2.05, 4.69) is 10.3 Å². The predicted octanol–water partition coefficient (Wildman–Crippen LogP) is 4.24. The third-order valence-corrected chi connectivity index (χ3v) is 4.10. The lowest BCUT2D eigenvalue weighted by molar-refractivity contribution is 0.0465. The van der Waals surface area contributed by atoms with Crippen molar-refractivity contribution in [1.29, 1.82) is 0 Å². The number of rotatable bonds is 4. The van der Waals surface area contributed by atoms with Crippen LogP contribution in [0.2, 0.25) is 10.0 Å². The zero-order chi connectivity index (χ0) is 17.1. The van der Waals surface area contributed by atoms with Crippen molar-refractivity contribution in [2.24, 2.45) is 0 Å². The standard InChI is InChI=1S/C17H13Cl2N3O2/c1-11-16(17(23)24-10-12-4-2-3-5-15(12)19)20-21-22(11)14-8-6-13(18)7-9-14/h2-9H,10H2,1H3. The van der Waals surface area contributed by atoms with Gasteiger partial charge in [0.1, 0.15) is 6.61 Å². The highest BCUT2D eigenvalue weighted by molar-refractivity contribution is 6.31. The van der Waals surface area contributed by atoms with Crippen molar-refractivity contribution in [3.63, 3.8) is 0 Å². The molecule has 122 valence electrons. The molecule has 0 aliphatic carbocycles. The Balaban J connectivity index is 1.76. The van der Waals surface area contributed by atoms with Crippen LogP contribution in [-0.2, 0) is 11.3 Å². The summed E-state index contributed by atoms with van der Waals surface area (Å²) in [6.07, 6.45) is 0. The van der Waals surface area contributed by atoms with Crippen LogP contribution < -0.4 is 0 Å². The van der Waals surface area contributed by atoms with Gasteiger partial charge in [-0.2, -0.15) is 0 Å². The zero-order valence-electron chi connectivity index (χ0n) is 12.7. The zero-order valence-corrected chi connectivity index (χ0v) is 14.3. The molecule has 0 spiro atoms. The maximum Gasteiger partial charge on any atom is 0.361 e. The van der Waals surface area contributed by atoms with Crippen molar-refractivity contribution in [3.8, 4) is 5.69 Å². The molecule has 0 amide bonds. The summed E-state index contributed by atoms with van der Waals surface area (Å²) in [6.45, 7) is 1.83. The summed E-state index contributed by atoms with van der Waals surface area (Å²) < 4.78 is 6.84. The third-order valence-electron chi connectivity index (χ3n) is 3.48. The minimum Gasteiger partial charge on any atom is -0.456 e. The van der Waals surface area contributed by atoms with E-state index in [1.807, 2.05) is 12.1 Å². The molecule has 3 aromatic rings. The first kappa shape index (κ1) is 16.5. The minimum absolute atomic E-state index is 0.0752. The molecule has 0 saturated heterocycles. The van der Waals surface area contributed by atoms with Gasteiger partial charge in [-0.15, -0.1) is 5.10 Å². The van der Waals surface area contributed by atoms with Crippen LogP contribution in [0, 0.1) is 6.92 Å². The first-order chi connectivity index (χ1) is 11.6. The number of hydrogen-bond donors (Lipinski definition) is 0. The van der Waals surface area contributed by atoms with Crippen LogP contribution in [-0.4, -0.2) is 21.0 Å². The second-order valence-electron chi connectivity index (χ2n) is 5.08. The molecule has 0 radical (unpaired) electrons. The van der Waals surface area contributed by atoms with Gasteiger partial charge in [-0.1, -0.05) is 46.6 Å². The summed E-state index contributed by atoms with van der Waals surface area (Å²) in [4.78, 5) is 12.2. The van der Waals surface area contributed by atoms with E-state index in [1.165, 1.54) is 0 Å². The van der Waals surface area contributed by atoms with Gasteiger partial charge >= 0.3 is 5.97 Å². The quantitative estimate of drug-likeness (QED) is 0.652. The van der Waals surface area contributed by atoms with Crippen molar-refractivity contribution >= 4 is 29.2 Å². The highest BCUT2D eigenvalue weighted by atomic mass is 35.5. The number of ether oxygens (including phenoxy) is 1. The molecule has 1 aromatic heterocycles. The number of halogens is 2. The molecule has 2 aromatic carbocycles. The van der Waals surface area contributed by atoms with Gasteiger partial charge in [-0.25, -0.2) is 9.48 Å².